The summed E-state index contributed by atoms with van der Waals surface area (Å²) in [6.07, 6.45) is 8.90. The number of hydrogen-bond acceptors (Lipinski definition) is 2. The molecule has 3 heteroatoms. The molecule has 0 unspecified atom stereocenters. The Balaban J connectivity index is 1.79. The maximum Gasteiger partial charge on any atom is 0.0292 e. The first-order valence-electron chi connectivity index (χ1n) is 6.00. The minimum atomic E-state index is 0.356. The van der Waals surface area contributed by atoms with Crippen LogP contribution in [0, 0.1) is 5.41 Å². The Labute approximate surface area is 102 Å². The molecular formula is C13H19ClN2. The third-order valence-electron chi connectivity index (χ3n) is 3.53. The minimum Gasteiger partial charge on any atom is -0.312 e. The smallest absolute Gasteiger partial charge is 0.0292 e. The first kappa shape index (κ1) is 11.9. The monoisotopic (exact) mass is 238 g/mol. The molecule has 0 amide bonds. The third-order valence-corrected chi connectivity index (χ3v) is 4.09. The van der Waals surface area contributed by atoms with Crippen molar-refractivity contribution in [2.75, 3.05) is 12.4 Å². The molecule has 0 aromatic carbocycles. The van der Waals surface area contributed by atoms with Crippen LogP contribution >= 0.6 is 11.6 Å². The molecule has 1 fully saturated rings. The Hall–Kier alpha value is -0.600. The zero-order chi connectivity index (χ0) is 11.3. The van der Waals surface area contributed by atoms with E-state index in [1.165, 1.54) is 31.2 Å². The van der Waals surface area contributed by atoms with Gasteiger partial charge in [0.15, 0.2) is 0 Å². The van der Waals surface area contributed by atoms with Crippen molar-refractivity contribution in [2.45, 2.75) is 32.2 Å². The van der Waals surface area contributed by atoms with Gasteiger partial charge in [-0.25, -0.2) is 0 Å². The average molecular weight is 239 g/mol. The van der Waals surface area contributed by atoms with Gasteiger partial charge in [-0.05, 0) is 36.0 Å². The molecule has 2 nitrogen and oxygen atoms in total. The van der Waals surface area contributed by atoms with E-state index in [9.17, 15) is 0 Å². The zero-order valence-electron chi connectivity index (χ0n) is 9.58. The number of alkyl halides is 1. The standard InChI is InChI=1S/C13H19ClN2/c14-10-13(5-1-2-6-13)11-16-9-12-3-7-15-8-4-12/h3-4,7-8,16H,1-2,5-6,9-11H2. The summed E-state index contributed by atoms with van der Waals surface area (Å²) < 4.78 is 0. The van der Waals surface area contributed by atoms with E-state index in [0.717, 1.165) is 19.0 Å². The van der Waals surface area contributed by atoms with Crippen LogP contribution in [-0.4, -0.2) is 17.4 Å². The molecule has 0 aliphatic heterocycles. The molecule has 0 spiro atoms. The van der Waals surface area contributed by atoms with Crippen LogP contribution in [0.5, 0.6) is 0 Å². The zero-order valence-corrected chi connectivity index (χ0v) is 10.3. The Bertz CT molecular complexity index is 307. The van der Waals surface area contributed by atoms with E-state index in [2.05, 4.69) is 22.4 Å². The lowest BCUT2D eigenvalue weighted by Gasteiger charge is -2.26. The molecule has 1 heterocycles. The van der Waals surface area contributed by atoms with Gasteiger partial charge in [0.25, 0.3) is 0 Å². The maximum absolute atomic E-state index is 6.10. The van der Waals surface area contributed by atoms with E-state index in [1.807, 2.05) is 12.4 Å². The Morgan fingerprint density at radius 1 is 1.25 bits per heavy atom. The van der Waals surface area contributed by atoms with Crippen molar-refractivity contribution in [1.82, 2.24) is 10.3 Å². The lowest BCUT2D eigenvalue weighted by molar-refractivity contribution is 0.320. The molecule has 1 saturated carbocycles. The molecule has 0 saturated heterocycles. The van der Waals surface area contributed by atoms with Crippen LogP contribution in [0.1, 0.15) is 31.2 Å². The lowest BCUT2D eigenvalue weighted by Crippen LogP contribution is -2.33. The summed E-state index contributed by atoms with van der Waals surface area (Å²) in [6, 6.07) is 4.10. The van der Waals surface area contributed by atoms with Crippen LogP contribution in [0.3, 0.4) is 0 Å². The average Bonchev–Trinajstić information content (AvgIpc) is 2.80. The van der Waals surface area contributed by atoms with E-state index in [0.29, 0.717) is 5.41 Å². The van der Waals surface area contributed by atoms with Crippen LogP contribution in [0.25, 0.3) is 0 Å². The van der Waals surface area contributed by atoms with Crippen molar-refractivity contribution in [3.05, 3.63) is 30.1 Å². The van der Waals surface area contributed by atoms with E-state index in [-0.39, 0.29) is 0 Å². The number of nitrogens with zero attached hydrogens (tertiary/aromatic N) is 1. The van der Waals surface area contributed by atoms with Crippen molar-refractivity contribution in [2.24, 2.45) is 5.41 Å². The molecule has 1 N–H and O–H groups in total. The second kappa shape index (κ2) is 5.65. The molecule has 0 radical (unpaired) electrons. The number of pyridine rings is 1. The summed E-state index contributed by atoms with van der Waals surface area (Å²) >= 11 is 6.10. The van der Waals surface area contributed by atoms with E-state index in [1.54, 1.807) is 0 Å². The summed E-state index contributed by atoms with van der Waals surface area (Å²) in [7, 11) is 0. The van der Waals surface area contributed by atoms with Crippen molar-refractivity contribution in [3.63, 3.8) is 0 Å². The van der Waals surface area contributed by atoms with Crippen molar-refractivity contribution in [3.8, 4) is 0 Å². The first-order valence-corrected chi connectivity index (χ1v) is 6.54. The van der Waals surface area contributed by atoms with Crippen LogP contribution in [0.15, 0.2) is 24.5 Å². The quantitative estimate of drug-likeness (QED) is 0.798. The second-order valence-corrected chi connectivity index (χ2v) is 5.07. The van der Waals surface area contributed by atoms with Crippen LogP contribution in [-0.2, 0) is 6.54 Å². The fourth-order valence-electron chi connectivity index (χ4n) is 2.46. The molecule has 16 heavy (non-hydrogen) atoms. The molecule has 1 aromatic heterocycles. The van der Waals surface area contributed by atoms with Gasteiger partial charge in [-0.15, -0.1) is 11.6 Å². The SMILES string of the molecule is ClCC1(CNCc2ccncc2)CCCC1. The van der Waals surface area contributed by atoms with E-state index >= 15 is 0 Å². The maximum atomic E-state index is 6.10. The number of halogens is 1. The van der Waals surface area contributed by atoms with Crippen molar-refractivity contribution in [1.29, 1.82) is 0 Å². The van der Waals surface area contributed by atoms with Gasteiger partial charge >= 0.3 is 0 Å². The van der Waals surface area contributed by atoms with Crippen LogP contribution in [0.4, 0.5) is 0 Å². The summed E-state index contributed by atoms with van der Waals surface area (Å²) in [5.74, 6) is 0.788. The molecule has 0 bridgehead atoms. The van der Waals surface area contributed by atoms with Crippen molar-refractivity contribution >= 4 is 11.6 Å². The fraction of sp³-hybridized carbons (Fsp3) is 0.615. The Kier molecular flexibility index (Phi) is 4.19. The predicted octanol–water partition coefficient (Wildman–Crippen LogP) is 2.97. The number of aromatic nitrogens is 1. The Morgan fingerprint density at radius 2 is 1.94 bits per heavy atom. The van der Waals surface area contributed by atoms with Gasteiger partial charge in [0.2, 0.25) is 0 Å². The Morgan fingerprint density at radius 3 is 2.56 bits per heavy atom. The van der Waals surface area contributed by atoms with Gasteiger partial charge in [0.05, 0.1) is 0 Å². The highest BCUT2D eigenvalue weighted by Gasteiger charge is 2.32. The largest absolute Gasteiger partial charge is 0.312 e. The van der Waals surface area contributed by atoms with Gasteiger partial charge in [-0.3, -0.25) is 4.98 Å². The molecule has 1 aromatic rings. The fourth-order valence-corrected chi connectivity index (χ4v) is 2.82. The van der Waals surface area contributed by atoms with Crippen LogP contribution < -0.4 is 5.32 Å². The van der Waals surface area contributed by atoms with Gasteiger partial charge in [0.1, 0.15) is 0 Å². The summed E-state index contributed by atoms with van der Waals surface area (Å²) in [4.78, 5) is 4.01. The topological polar surface area (TPSA) is 24.9 Å². The summed E-state index contributed by atoms with van der Waals surface area (Å²) in [5, 5.41) is 3.52. The van der Waals surface area contributed by atoms with E-state index < -0.39 is 0 Å². The molecule has 88 valence electrons. The van der Waals surface area contributed by atoms with Gasteiger partial charge in [0, 0.05) is 31.4 Å². The molecule has 2 rings (SSSR count). The number of rotatable bonds is 5. The highest BCUT2D eigenvalue weighted by atomic mass is 35.5. The number of nitrogens with one attached hydrogen (secondary N) is 1. The molecule has 1 aliphatic carbocycles. The predicted molar refractivity (Wildman–Crippen MR) is 67.6 cm³/mol. The molecule has 1 aliphatic rings. The van der Waals surface area contributed by atoms with Crippen molar-refractivity contribution < 1.29 is 0 Å². The molecule has 0 atom stereocenters. The highest BCUT2D eigenvalue weighted by molar-refractivity contribution is 6.18. The summed E-state index contributed by atoms with van der Waals surface area (Å²) in [6.45, 7) is 1.96. The van der Waals surface area contributed by atoms with Gasteiger partial charge < -0.3 is 5.32 Å². The van der Waals surface area contributed by atoms with Gasteiger partial charge in [-0.1, -0.05) is 12.8 Å². The lowest BCUT2D eigenvalue weighted by atomic mass is 9.88. The second-order valence-electron chi connectivity index (χ2n) is 4.80. The van der Waals surface area contributed by atoms with Crippen LogP contribution in [0.2, 0.25) is 0 Å². The first-order chi connectivity index (χ1) is 7.85. The van der Waals surface area contributed by atoms with E-state index in [4.69, 9.17) is 11.6 Å². The number of hydrogen-bond donors (Lipinski definition) is 1. The third kappa shape index (κ3) is 2.96. The minimum absolute atomic E-state index is 0.356. The summed E-state index contributed by atoms with van der Waals surface area (Å²) in [5.41, 5.74) is 1.65. The highest BCUT2D eigenvalue weighted by Crippen LogP contribution is 2.38. The molecular weight excluding hydrogens is 220 g/mol. The normalized spacial score (nSPS) is 18.8. The van der Waals surface area contributed by atoms with Gasteiger partial charge in [-0.2, -0.15) is 0 Å².